The van der Waals surface area contributed by atoms with Gasteiger partial charge in [-0.3, -0.25) is 4.79 Å². The molecule has 0 unspecified atom stereocenters. The lowest BCUT2D eigenvalue weighted by Crippen LogP contribution is -2.51. The molecule has 0 aliphatic rings. The number of hydrogen-bond donors (Lipinski definition) is 1. The van der Waals surface area contributed by atoms with Crippen molar-refractivity contribution in [1.29, 1.82) is 0 Å². The second-order valence-corrected chi connectivity index (χ2v) is 9.16. The Labute approximate surface area is 200 Å². The Morgan fingerprint density at radius 3 is 2.06 bits per heavy atom. The van der Waals surface area contributed by atoms with Crippen LogP contribution in [0, 0.1) is 6.92 Å². The van der Waals surface area contributed by atoms with Crippen LogP contribution in [0.5, 0.6) is 0 Å². The van der Waals surface area contributed by atoms with Crippen molar-refractivity contribution in [2.24, 2.45) is 0 Å². The van der Waals surface area contributed by atoms with Gasteiger partial charge in [-0.05, 0) is 51.3 Å². The summed E-state index contributed by atoms with van der Waals surface area (Å²) in [5.41, 5.74) is -5.91. The van der Waals surface area contributed by atoms with Crippen molar-refractivity contribution in [2.45, 2.75) is 64.7 Å². The zero-order valence-electron chi connectivity index (χ0n) is 19.2. The largest absolute Gasteiger partial charge is 0.443 e. The van der Waals surface area contributed by atoms with Gasteiger partial charge >= 0.3 is 24.1 Å². The van der Waals surface area contributed by atoms with E-state index in [0.717, 1.165) is 18.3 Å². The monoisotopic (exact) mass is 529 g/mol. The SMILES string of the molecule is CCc1cc(C(F)(C(F)(F)F)C(F)(F)F)cc(C)c1N(NC(=O)OC(C)(C)C)C(=O)c1cscn1. The number of aromatic nitrogens is 1. The number of nitrogens with zero attached hydrogens (tertiary/aromatic N) is 2. The Bertz CT molecular complexity index is 1060. The highest BCUT2D eigenvalue weighted by atomic mass is 32.1. The van der Waals surface area contributed by atoms with Crippen LogP contribution in [-0.2, 0) is 16.8 Å². The lowest BCUT2D eigenvalue weighted by Gasteiger charge is -2.33. The number of alkyl halides is 7. The molecule has 0 spiro atoms. The summed E-state index contributed by atoms with van der Waals surface area (Å²) in [4.78, 5) is 29.3. The molecule has 0 radical (unpaired) electrons. The first kappa shape index (κ1) is 28.3. The highest BCUT2D eigenvalue weighted by Crippen LogP contribution is 2.54. The van der Waals surface area contributed by atoms with Crippen LogP contribution < -0.4 is 10.4 Å². The Hall–Kier alpha value is -2.90. The van der Waals surface area contributed by atoms with Gasteiger partial charge in [0.05, 0.1) is 11.2 Å². The van der Waals surface area contributed by atoms with E-state index < -0.39 is 41.2 Å². The van der Waals surface area contributed by atoms with Crippen molar-refractivity contribution < 1.29 is 45.1 Å². The highest BCUT2D eigenvalue weighted by Gasteiger charge is 2.73. The standard InChI is InChI=1S/C21H22F7N3O3S/c1-6-12-8-13(19(22,20(23,24)25)21(26,27)28)7-11(2)15(12)31(16(32)14-9-35-10-29-14)30-17(33)34-18(3,4)5/h7-10H,6H2,1-5H3,(H,30,33). The maximum atomic E-state index is 14.7. The van der Waals surface area contributed by atoms with Crippen LogP contribution in [0.15, 0.2) is 23.0 Å². The molecule has 0 atom stereocenters. The van der Waals surface area contributed by atoms with Crippen molar-refractivity contribution in [1.82, 2.24) is 10.4 Å². The van der Waals surface area contributed by atoms with E-state index in [1.165, 1.54) is 38.6 Å². The maximum absolute atomic E-state index is 14.7. The van der Waals surface area contributed by atoms with Gasteiger partial charge in [0.1, 0.15) is 11.3 Å². The molecule has 1 aromatic carbocycles. The average molecular weight is 529 g/mol. The van der Waals surface area contributed by atoms with Crippen LogP contribution >= 0.6 is 11.3 Å². The van der Waals surface area contributed by atoms with Crippen molar-refractivity contribution in [3.05, 3.63) is 45.4 Å². The molecule has 194 valence electrons. The number of ether oxygens (including phenoxy) is 1. The molecule has 0 fully saturated rings. The second kappa shape index (κ2) is 9.63. The number of rotatable bonds is 4. The molecule has 1 N–H and O–H groups in total. The fourth-order valence-electron chi connectivity index (χ4n) is 3.16. The molecule has 1 aromatic heterocycles. The minimum Gasteiger partial charge on any atom is -0.443 e. The quantitative estimate of drug-likeness (QED) is 0.368. The summed E-state index contributed by atoms with van der Waals surface area (Å²) in [6, 6.07) is 0.717. The zero-order valence-corrected chi connectivity index (χ0v) is 20.0. The van der Waals surface area contributed by atoms with Crippen molar-refractivity contribution >= 4 is 29.0 Å². The number of aryl methyl sites for hydroxylation is 2. The minimum absolute atomic E-state index is 0.165. The zero-order chi connectivity index (χ0) is 27.0. The molecule has 0 saturated heterocycles. The van der Waals surface area contributed by atoms with Crippen molar-refractivity contribution in [3.8, 4) is 0 Å². The predicted octanol–water partition coefficient (Wildman–Crippen LogP) is 6.39. The Kier molecular flexibility index (Phi) is 7.79. The fourth-order valence-corrected chi connectivity index (χ4v) is 3.69. The third-order valence-corrected chi connectivity index (χ3v) is 5.21. The number of amides is 2. The van der Waals surface area contributed by atoms with Gasteiger partial charge < -0.3 is 4.74 Å². The molecule has 0 aliphatic carbocycles. The number of benzene rings is 1. The fraction of sp³-hybridized carbons (Fsp3) is 0.476. The number of carbonyl (C=O) groups excluding carboxylic acids is 2. The molecule has 2 aromatic rings. The molecule has 1 heterocycles. The number of nitrogens with one attached hydrogen (secondary N) is 1. The van der Waals surface area contributed by atoms with Gasteiger partial charge in [0, 0.05) is 10.9 Å². The van der Waals surface area contributed by atoms with Gasteiger partial charge in [-0.1, -0.05) is 13.0 Å². The molecule has 14 heteroatoms. The summed E-state index contributed by atoms with van der Waals surface area (Å²) in [6.07, 6.45) is -14.0. The number of carbonyl (C=O) groups is 2. The molecule has 6 nitrogen and oxygen atoms in total. The predicted molar refractivity (Wildman–Crippen MR) is 114 cm³/mol. The molecule has 0 aliphatic heterocycles. The van der Waals surface area contributed by atoms with Gasteiger partial charge in [0.15, 0.2) is 0 Å². The first-order valence-electron chi connectivity index (χ1n) is 10.0. The van der Waals surface area contributed by atoms with E-state index in [2.05, 4.69) is 10.4 Å². The van der Waals surface area contributed by atoms with Crippen molar-refractivity contribution in [3.63, 3.8) is 0 Å². The van der Waals surface area contributed by atoms with Gasteiger partial charge in [-0.2, -0.15) is 26.3 Å². The summed E-state index contributed by atoms with van der Waals surface area (Å²) in [7, 11) is 0. The average Bonchev–Trinajstić information content (AvgIpc) is 3.22. The smallest absolute Gasteiger partial charge is 0.435 e. The summed E-state index contributed by atoms with van der Waals surface area (Å²) >= 11 is 1.03. The number of halogens is 7. The molecular weight excluding hydrogens is 507 g/mol. The third kappa shape index (κ3) is 5.85. The third-order valence-electron chi connectivity index (χ3n) is 4.62. The summed E-state index contributed by atoms with van der Waals surface area (Å²) in [5.74, 6) is -0.944. The number of anilines is 1. The summed E-state index contributed by atoms with van der Waals surface area (Å²) in [5, 5.41) is 1.93. The molecule has 2 rings (SSSR count). The van der Waals surface area contributed by atoms with E-state index in [-0.39, 0.29) is 28.9 Å². The van der Waals surface area contributed by atoms with Crippen LogP contribution in [-0.4, -0.2) is 34.9 Å². The van der Waals surface area contributed by atoms with Crippen LogP contribution in [0.1, 0.15) is 54.9 Å². The lowest BCUT2D eigenvalue weighted by atomic mass is 9.89. The molecule has 2 amide bonds. The number of hydrazine groups is 1. The first-order valence-corrected chi connectivity index (χ1v) is 11.0. The second-order valence-electron chi connectivity index (χ2n) is 8.44. The maximum Gasteiger partial charge on any atom is 0.435 e. The normalized spacial score (nSPS) is 12.9. The summed E-state index contributed by atoms with van der Waals surface area (Å²) in [6.45, 7) is 7.06. The number of hydrogen-bond acceptors (Lipinski definition) is 5. The van der Waals surface area contributed by atoms with Crippen LogP contribution in [0.4, 0.5) is 41.2 Å². The highest BCUT2D eigenvalue weighted by molar-refractivity contribution is 7.07. The topological polar surface area (TPSA) is 71.5 Å². The lowest BCUT2D eigenvalue weighted by molar-refractivity contribution is -0.348. The Morgan fingerprint density at radius 1 is 1.06 bits per heavy atom. The molecular formula is C21H22F7N3O3S. The first-order chi connectivity index (χ1) is 15.8. The number of thiazole rings is 1. The van der Waals surface area contributed by atoms with E-state index in [1.54, 1.807) is 0 Å². The van der Waals surface area contributed by atoms with E-state index in [0.29, 0.717) is 17.1 Å². The van der Waals surface area contributed by atoms with Crippen molar-refractivity contribution in [2.75, 3.05) is 5.01 Å². The van der Waals surface area contributed by atoms with Crippen LogP contribution in [0.3, 0.4) is 0 Å². The molecule has 35 heavy (non-hydrogen) atoms. The minimum atomic E-state index is -6.31. The Morgan fingerprint density at radius 2 is 1.63 bits per heavy atom. The van der Waals surface area contributed by atoms with E-state index in [4.69, 9.17) is 4.74 Å². The van der Waals surface area contributed by atoms with Gasteiger partial charge in [0.2, 0.25) is 0 Å². The summed E-state index contributed by atoms with van der Waals surface area (Å²) < 4.78 is 99.7. The molecule has 0 bridgehead atoms. The molecule has 0 saturated carbocycles. The van der Waals surface area contributed by atoms with E-state index in [9.17, 15) is 40.3 Å². The van der Waals surface area contributed by atoms with E-state index >= 15 is 0 Å². The van der Waals surface area contributed by atoms with Gasteiger partial charge in [0.25, 0.3) is 5.91 Å². The Balaban J connectivity index is 2.73. The van der Waals surface area contributed by atoms with Crippen LogP contribution in [0.25, 0.3) is 0 Å². The van der Waals surface area contributed by atoms with Gasteiger partial charge in [-0.25, -0.2) is 24.6 Å². The van der Waals surface area contributed by atoms with Crippen LogP contribution in [0.2, 0.25) is 0 Å². The van der Waals surface area contributed by atoms with E-state index in [1.807, 2.05) is 0 Å². The van der Waals surface area contributed by atoms with Gasteiger partial charge in [-0.15, -0.1) is 11.3 Å².